The van der Waals surface area contributed by atoms with Gasteiger partial charge in [0.1, 0.15) is 0 Å². The van der Waals surface area contributed by atoms with Crippen LogP contribution in [0.4, 0.5) is 0 Å². The molecular formula is C24H42K2O6. The van der Waals surface area contributed by atoms with Crippen LogP contribution < -0.4 is 103 Å². The van der Waals surface area contributed by atoms with Crippen molar-refractivity contribution in [3.63, 3.8) is 0 Å². The van der Waals surface area contributed by atoms with E-state index in [-0.39, 0.29) is 103 Å². The zero-order valence-corrected chi connectivity index (χ0v) is 28.5. The van der Waals surface area contributed by atoms with E-state index < -0.39 is 0 Å². The average molecular weight is 505 g/mol. The maximum absolute atomic E-state index is 5.06. The molecule has 0 fully saturated rings. The van der Waals surface area contributed by atoms with Crippen LogP contribution in [0.15, 0.2) is 34.4 Å². The molecular weight excluding hydrogens is 462 g/mol. The Morgan fingerprint density at radius 3 is 0.969 bits per heavy atom. The number of rotatable bonds is 12. The van der Waals surface area contributed by atoms with Crippen molar-refractivity contribution in [2.24, 2.45) is 0 Å². The van der Waals surface area contributed by atoms with Gasteiger partial charge in [-0.3, -0.25) is 0 Å². The molecule has 0 N–H and O–H groups in total. The molecule has 0 heterocycles. The van der Waals surface area contributed by atoms with Crippen LogP contribution in [0.25, 0.3) is 0 Å². The fourth-order valence-corrected chi connectivity index (χ4v) is 2.19. The predicted octanol–water partition coefficient (Wildman–Crippen LogP) is -2.01. The van der Waals surface area contributed by atoms with E-state index in [0.717, 1.165) is 0 Å². The van der Waals surface area contributed by atoms with Gasteiger partial charge in [0.2, 0.25) is 0 Å². The van der Waals surface area contributed by atoms with Gasteiger partial charge in [-0.25, -0.2) is 0 Å². The second-order valence-corrected chi connectivity index (χ2v) is 6.47. The van der Waals surface area contributed by atoms with Crippen LogP contribution in [0.2, 0.25) is 0 Å². The maximum atomic E-state index is 5.06. The van der Waals surface area contributed by atoms with Gasteiger partial charge >= 0.3 is 103 Å². The van der Waals surface area contributed by atoms with Gasteiger partial charge in [0, 0.05) is 28.4 Å². The van der Waals surface area contributed by atoms with E-state index in [4.69, 9.17) is 28.4 Å². The normalized spacial score (nSPS) is 19.0. The summed E-state index contributed by atoms with van der Waals surface area (Å²) in [4.78, 5) is 0. The topological polar surface area (TPSA) is 55.4 Å². The molecule has 32 heavy (non-hydrogen) atoms. The molecule has 176 valence electrons. The van der Waals surface area contributed by atoms with Gasteiger partial charge in [-0.15, -0.1) is 0 Å². The van der Waals surface area contributed by atoms with Crippen LogP contribution in [-0.4, -0.2) is 81.3 Å². The van der Waals surface area contributed by atoms with Crippen molar-refractivity contribution in [2.45, 2.75) is 27.7 Å². The van der Waals surface area contributed by atoms with E-state index in [9.17, 15) is 0 Å². The van der Waals surface area contributed by atoms with E-state index in [1.807, 2.05) is 0 Å². The van der Waals surface area contributed by atoms with E-state index in [1.165, 1.54) is 22.3 Å². The molecule has 0 spiro atoms. The number of hydrogen-bond acceptors (Lipinski definition) is 6. The summed E-state index contributed by atoms with van der Waals surface area (Å²) in [5, 5.41) is 0. The van der Waals surface area contributed by atoms with Crippen LogP contribution in [0, 0.1) is 12.2 Å². The third kappa shape index (κ3) is 34.2. The third-order valence-corrected chi connectivity index (χ3v) is 3.38. The molecule has 0 unspecified atom stereocenters. The molecule has 0 aromatic rings. The quantitative estimate of drug-likeness (QED) is 0.174. The number of methoxy groups -OCH3 is 4. The Morgan fingerprint density at radius 1 is 0.500 bits per heavy atom. The van der Waals surface area contributed by atoms with Gasteiger partial charge in [-0.05, 0) is 0 Å². The van der Waals surface area contributed by atoms with Crippen LogP contribution in [-0.2, 0) is 28.4 Å². The van der Waals surface area contributed by atoms with Crippen LogP contribution in [0.5, 0.6) is 0 Å². The summed E-state index contributed by atoms with van der Waals surface area (Å²) in [6.45, 7) is 13.5. The van der Waals surface area contributed by atoms with Crippen molar-refractivity contribution < 1.29 is 131 Å². The summed E-state index contributed by atoms with van der Waals surface area (Å²) < 4.78 is 29.2. The number of ether oxygens (including phenoxy) is 6. The zero-order chi connectivity index (χ0) is 23.0. The minimum atomic E-state index is 0. The Bertz CT molecular complexity index is 416. The molecule has 0 aromatic carbocycles. The summed E-state index contributed by atoms with van der Waals surface area (Å²) in [6, 6.07) is 0. The van der Waals surface area contributed by atoms with Crippen molar-refractivity contribution in [1.29, 1.82) is 0 Å². The van der Waals surface area contributed by atoms with Crippen LogP contribution >= 0.6 is 0 Å². The summed E-state index contributed by atoms with van der Waals surface area (Å²) in [5.41, 5.74) is 4.67. The molecule has 0 saturated carbocycles. The molecule has 0 aromatic heterocycles. The Kier molecular flexibility index (Phi) is 42.4. The molecule has 0 saturated heterocycles. The molecule has 8 heteroatoms. The van der Waals surface area contributed by atoms with E-state index in [0.29, 0.717) is 52.9 Å². The van der Waals surface area contributed by atoms with Crippen molar-refractivity contribution in [1.82, 2.24) is 0 Å². The minimum absolute atomic E-state index is 0. The second kappa shape index (κ2) is 33.0. The Hall–Kier alpha value is 1.99. The summed E-state index contributed by atoms with van der Waals surface area (Å²) in [5.74, 6) is 0. The molecule has 0 amide bonds. The first-order chi connectivity index (χ1) is 14.4. The smallest absolute Gasteiger partial charge is 0.382 e. The minimum Gasteiger partial charge on any atom is -0.382 e. The van der Waals surface area contributed by atoms with Gasteiger partial charge in [-0.1, -0.05) is 27.7 Å². The maximum Gasteiger partial charge on any atom is 1.00 e. The molecule has 1 rings (SSSR count). The summed E-state index contributed by atoms with van der Waals surface area (Å²) in [7, 11) is 6.61. The predicted molar refractivity (Wildman–Crippen MR) is 122 cm³/mol. The largest absolute Gasteiger partial charge is 1.00 e. The number of hydrogen-bond donors (Lipinski definition) is 0. The van der Waals surface area contributed by atoms with Crippen molar-refractivity contribution >= 4 is 0 Å². The molecule has 0 radical (unpaired) electrons. The van der Waals surface area contributed by atoms with E-state index >= 15 is 0 Å². The molecule has 1 aliphatic carbocycles. The van der Waals surface area contributed by atoms with Gasteiger partial charge in [0.25, 0.3) is 0 Å². The molecule has 0 aliphatic heterocycles. The van der Waals surface area contributed by atoms with Crippen LogP contribution in [0.1, 0.15) is 27.7 Å². The second-order valence-electron chi connectivity index (χ2n) is 6.47. The first kappa shape index (κ1) is 41.1. The summed E-state index contributed by atoms with van der Waals surface area (Å²) in [6.07, 6.45) is 10.8. The fraction of sp³-hybridized carbons (Fsp3) is 0.667. The average Bonchev–Trinajstić information content (AvgIpc) is 2.67. The molecule has 0 atom stereocenters. The Balaban J connectivity index is -0.000000181. The van der Waals surface area contributed by atoms with Gasteiger partial charge in [0.15, 0.2) is 0 Å². The Labute approximate surface area is 282 Å². The van der Waals surface area contributed by atoms with E-state index in [1.54, 1.807) is 28.4 Å². The third-order valence-electron chi connectivity index (χ3n) is 3.38. The monoisotopic (exact) mass is 504 g/mol. The van der Waals surface area contributed by atoms with E-state index in [2.05, 4.69) is 52.0 Å². The van der Waals surface area contributed by atoms with Crippen molar-refractivity contribution in [3.05, 3.63) is 46.6 Å². The van der Waals surface area contributed by atoms with Gasteiger partial charge in [-0.2, -0.15) is 46.6 Å². The summed E-state index contributed by atoms with van der Waals surface area (Å²) >= 11 is 0. The number of allylic oxidation sites excluding steroid dienone is 8. The Morgan fingerprint density at radius 2 is 0.750 bits per heavy atom. The van der Waals surface area contributed by atoms with Gasteiger partial charge < -0.3 is 28.4 Å². The molecule has 6 nitrogen and oxygen atoms in total. The molecule has 0 bridgehead atoms. The standard InChI is InChI=1S/C12H14.2C6H14O3.2K/c1-9-5-10(2)7-12(4)8-11(3)6-9;2*1-7-3-5-9-6-4-8-2;;/h5,8H,1-4H3;2*3-6H2,1-2H3;;/q-2;;;2*+1/b9-5-,10-5?,11-8?,12-8-;;;;. The van der Waals surface area contributed by atoms with Crippen LogP contribution in [0.3, 0.4) is 0 Å². The van der Waals surface area contributed by atoms with Crippen molar-refractivity contribution in [2.75, 3.05) is 81.3 Å². The zero-order valence-electron chi connectivity index (χ0n) is 22.3. The van der Waals surface area contributed by atoms with Crippen molar-refractivity contribution in [3.8, 4) is 0 Å². The molecule has 1 aliphatic rings. The SMILES string of the molecule is CC1=C/C(C)=[C-]/C(C)=C\C(C)=[C-]\1.COCCOCCOC.COCCOCCOC.[K+].[K+]. The fourth-order valence-electron chi connectivity index (χ4n) is 2.19. The first-order valence-electron chi connectivity index (χ1n) is 10.1. The van der Waals surface area contributed by atoms with Gasteiger partial charge in [0.05, 0.1) is 52.9 Å². The first-order valence-corrected chi connectivity index (χ1v) is 10.1.